The maximum atomic E-state index is 13.3. The van der Waals surface area contributed by atoms with E-state index in [1.54, 1.807) is 6.20 Å². The van der Waals surface area contributed by atoms with E-state index in [1.807, 2.05) is 29.7 Å². The number of rotatable bonds is 2. The molecule has 0 bridgehead atoms. The van der Waals surface area contributed by atoms with E-state index in [0.717, 1.165) is 17.3 Å². The molecule has 0 aliphatic rings. The molecule has 0 aliphatic carbocycles. The quantitative estimate of drug-likeness (QED) is 0.530. The Balaban J connectivity index is 2.15. The minimum Gasteiger partial charge on any atom is -0.306 e. The van der Waals surface area contributed by atoms with Crippen molar-refractivity contribution in [3.8, 4) is 11.3 Å². The minimum atomic E-state index is -0.849. The van der Waals surface area contributed by atoms with Crippen molar-refractivity contribution in [2.24, 2.45) is 0 Å². The van der Waals surface area contributed by atoms with E-state index in [4.69, 9.17) is 0 Å². The molecule has 0 amide bonds. The molecule has 1 aromatic carbocycles. The van der Waals surface area contributed by atoms with Crippen LogP contribution < -0.4 is 0 Å². The molecule has 0 fully saturated rings. The summed E-state index contributed by atoms with van der Waals surface area (Å²) in [6.45, 7) is 1.96. The van der Waals surface area contributed by atoms with Crippen LogP contribution in [0.2, 0.25) is 0 Å². The molecule has 6 heteroatoms. The number of hydrogen-bond acceptors (Lipinski definition) is 3. The lowest BCUT2D eigenvalue weighted by molar-refractivity contribution is -0.387. The largest absolute Gasteiger partial charge is 0.306 e. The molecular formula is C14H10FN3O2. The minimum absolute atomic E-state index is 0.513. The number of aryl methyl sites for hydroxylation is 1. The number of imidazole rings is 1. The Morgan fingerprint density at radius 1 is 1.30 bits per heavy atom. The van der Waals surface area contributed by atoms with Gasteiger partial charge in [-0.25, -0.2) is 4.98 Å². The lowest BCUT2D eigenvalue weighted by atomic mass is 10.1. The van der Waals surface area contributed by atoms with Gasteiger partial charge in [-0.05, 0) is 36.8 Å². The number of hydrogen-bond donors (Lipinski definition) is 0. The molecule has 2 heterocycles. The second-order valence-electron chi connectivity index (χ2n) is 4.52. The predicted octanol–water partition coefficient (Wildman–Crippen LogP) is 3.36. The third-order valence-corrected chi connectivity index (χ3v) is 3.05. The van der Waals surface area contributed by atoms with Gasteiger partial charge in [0.2, 0.25) is 5.82 Å². The van der Waals surface area contributed by atoms with Crippen LogP contribution in [0.25, 0.3) is 16.9 Å². The lowest BCUT2D eigenvalue weighted by Gasteiger charge is -1.97. The molecule has 0 spiro atoms. The number of aromatic nitrogens is 2. The standard InChI is InChI=1S/C14H10FN3O2/c1-9-4-5-17-8-12(16-14(17)6-9)10-2-3-11(15)13(7-10)18(19)20/h2-8H,1H3. The Labute approximate surface area is 113 Å². The first kappa shape index (κ1) is 12.3. The van der Waals surface area contributed by atoms with Crippen LogP contribution in [0, 0.1) is 22.9 Å². The molecule has 3 rings (SSSR count). The summed E-state index contributed by atoms with van der Waals surface area (Å²) in [5.41, 5.74) is 2.35. The highest BCUT2D eigenvalue weighted by atomic mass is 19.1. The highest BCUT2D eigenvalue weighted by molar-refractivity contribution is 5.65. The van der Waals surface area contributed by atoms with Crippen LogP contribution in [0.15, 0.2) is 42.7 Å². The van der Waals surface area contributed by atoms with Crippen LogP contribution in [-0.2, 0) is 0 Å². The van der Waals surface area contributed by atoms with Crippen LogP contribution in [-0.4, -0.2) is 14.3 Å². The first-order valence-electron chi connectivity index (χ1n) is 5.94. The van der Waals surface area contributed by atoms with Gasteiger partial charge >= 0.3 is 5.69 Å². The van der Waals surface area contributed by atoms with Crippen molar-refractivity contribution in [2.75, 3.05) is 0 Å². The SMILES string of the molecule is Cc1ccn2cc(-c3ccc(F)c([N+](=O)[O-])c3)nc2c1. The molecule has 5 nitrogen and oxygen atoms in total. The first-order chi connectivity index (χ1) is 9.54. The Bertz CT molecular complexity index is 826. The van der Waals surface area contributed by atoms with Crippen molar-refractivity contribution in [1.29, 1.82) is 0 Å². The third-order valence-electron chi connectivity index (χ3n) is 3.05. The van der Waals surface area contributed by atoms with Gasteiger partial charge in [-0.15, -0.1) is 0 Å². The molecule has 0 atom stereocenters. The summed E-state index contributed by atoms with van der Waals surface area (Å²) in [6.07, 6.45) is 3.62. The highest BCUT2D eigenvalue weighted by Gasteiger charge is 2.16. The van der Waals surface area contributed by atoms with Crippen LogP contribution in [0.3, 0.4) is 0 Å². The van der Waals surface area contributed by atoms with E-state index in [2.05, 4.69) is 4.98 Å². The van der Waals surface area contributed by atoms with Crippen molar-refractivity contribution in [2.45, 2.75) is 6.92 Å². The summed E-state index contributed by atoms with van der Waals surface area (Å²) < 4.78 is 15.1. The first-order valence-corrected chi connectivity index (χ1v) is 5.94. The van der Waals surface area contributed by atoms with E-state index >= 15 is 0 Å². The van der Waals surface area contributed by atoms with Crippen LogP contribution in [0.1, 0.15) is 5.56 Å². The number of nitro benzene ring substituents is 1. The van der Waals surface area contributed by atoms with Gasteiger partial charge in [-0.3, -0.25) is 10.1 Å². The monoisotopic (exact) mass is 271 g/mol. The molecule has 20 heavy (non-hydrogen) atoms. The normalized spacial score (nSPS) is 10.9. The summed E-state index contributed by atoms with van der Waals surface area (Å²) in [7, 11) is 0. The highest BCUT2D eigenvalue weighted by Crippen LogP contribution is 2.26. The van der Waals surface area contributed by atoms with Gasteiger partial charge in [-0.1, -0.05) is 0 Å². The fourth-order valence-electron chi connectivity index (χ4n) is 2.03. The van der Waals surface area contributed by atoms with Crippen molar-refractivity contribution in [3.05, 3.63) is 64.2 Å². The number of halogens is 1. The molecule has 0 saturated carbocycles. The average molecular weight is 271 g/mol. The second-order valence-corrected chi connectivity index (χ2v) is 4.52. The molecule has 0 aliphatic heterocycles. The van der Waals surface area contributed by atoms with Gasteiger partial charge in [0, 0.05) is 24.0 Å². The predicted molar refractivity (Wildman–Crippen MR) is 72.0 cm³/mol. The van der Waals surface area contributed by atoms with Crippen LogP contribution in [0.5, 0.6) is 0 Å². The molecule has 3 aromatic rings. The Kier molecular flexibility index (Phi) is 2.71. The Morgan fingerprint density at radius 2 is 2.10 bits per heavy atom. The van der Waals surface area contributed by atoms with Gasteiger partial charge in [0.25, 0.3) is 0 Å². The molecular weight excluding hydrogens is 261 g/mol. The zero-order valence-electron chi connectivity index (χ0n) is 10.6. The molecule has 0 unspecified atom stereocenters. The molecule has 0 radical (unpaired) electrons. The van der Waals surface area contributed by atoms with Gasteiger partial charge in [-0.2, -0.15) is 4.39 Å². The summed E-state index contributed by atoms with van der Waals surface area (Å²) in [6, 6.07) is 7.61. The lowest BCUT2D eigenvalue weighted by Crippen LogP contribution is -1.92. The summed E-state index contributed by atoms with van der Waals surface area (Å²) in [5.74, 6) is -0.849. The maximum absolute atomic E-state index is 13.3. The molecule has 100 valence electrons. The fraction of sp³-hybridized carbons (Fsp3) is 0.0714. The van der Waals surface area contributed by atoms with Crippen LogP contribution >= 0.6 is 0 Å². The van der Waals surface area contributed by atoms with E-state index in [1.165, 1.54) is 12.1 Å². The van der Waals surface area contributed by atoms with Gasteiger partial charge < -0.3 is 4.40 Å². The number of fused-ring (bicyclic) bond motifs is 1. The fourth-order valence-corrected chi connectivity index (χ4v) is 2.03. The summed E-state index contributed by atoms with van der Waals surface area (Å²) >= 11 is 0. The van der Waals surface area contributed by atoms with Crippen LogP contribution in [0.4, 0.5) is 10.1 Å². The van der Waals surface area contributed by atoms with Crippen molar-refractivity contribution >= 4 is 11.3 Å². The molecule has 0 N–H and O–H groups in total. The second kappa shape index (κ2) is 4.41. The van der Waals surface area contributed by atoms with Crippen molar-refractivity contribution < 1.29 is 9.31 Å². The molecule has 2 aromatic heterocycles. The average Bonchev–Trinajstić information content (AvgIpc) is 2.81. The zero-order valence-corrected chi connectivity index (χ0v) is 10.6. The Morgan fingerprint density at radius 3 is 2.85 bits per heavy atom. The zero-order chi connectivity index (χ0) is 14.3. The summed E-state index contributed by atoms with van der Waals surface area (Å²) in [4.78, 5) is 14.4. The summed E-state index contributed by atoms with van der Waals surface area (Å²) in [5, 5.41) is 10.8. The van der Waals surface area contributed by atoms with E-state index in [0.29, 0.717) is 11.3 Å². The topological polar surface area (TPSA) is 60.4 Å². The van der Waals surface area contributed by atoms with E-state index < -0.39 is 16.4 Å². The Hall–Kier alpha value is -2.76. The van der Waals surface area contributed by atoms with E-state index in [9.17, 15) is 14.5 Å². The number of nitrogens with zero attached hydrogens (tertiary/aromatic N) is 3. The smallest absolute Gasteiger partial charge is 0.305 e. The number of nitro groups is 1. The van der Waals surface area contributed by atoms with Crippen molar-refractivity contribution in [3.63, 3.8) is 0 Å². The van der Waals surface area contributed by atoms with E-state index in [-0.39, 0.29) is 0 Å². The van der Waals surface area contributed by atoms with Gasteiger partial charge in [0.05, 0.1) is 10.6 Å². The van der Waals surface area contributed by atoms with Gasteiger partial charge in [0.1, 0.15) is 5.65 Å². The number of pyridine rings is 1. The third kappa shape index (κ3) is 2.01. The number of benzene rings is 1. The van der Waals surface area contributed by atoms with Gasteiger partial charge in [0.15, 0.2) is 0 Å². The maximum Gasteiger partial charge on any atom is 0.305 e. The molecule has 0 saturated heterocycles. The van der Waals surface area contributed by atoms with Crippen molar-refractivity contribution in [1.82, 2.24) is 9.38 Å².